The molecule has 2 nitrogen and oxygen atoms in total. The lowest BCUT2D eigenvalue weighted by Crippen LogP contribution is -2.40. The summed E-state index contributed by atoms with van der Waals surface area (Å²) in [6.07, 6.45) is 23.2. The van der Waals surface area contributed by atoms with Crippen molar-refractivity contribution < 1.29 is 0 Å². The van der Waals surface area contributed by atoms with E-state index in [4.69, 9.17) is 0 Å². The van der Waals surface area contributed by atoms with Crippen LogP contribution in [0.5, 0.6) is 0 Å². The molecular weight excluding hydrogens is 268 g/mol. The van der Waals surface area contributed by atoms with Gasteiger partial charge in [0.15, 0.2) is 0 Å². The monoisotopic (exact) mass is 306 g/mol. The second kappa shape index (κ2) is 12.1. The Bertz CT molecular complexity index is 275. The molecule has 128 valence electrons. The molecule has 2 rings (SSSR count). The highest BCUT2D eigenvalue weighted by Crippen LogP contribution is 2.21. The van der Waals surface area contributed by atoms with E-state index in [9.17, 15) is 0 Å². The van der Waals surface area contributed by atoms with Gasteiger partial charge in [0.2, 0.25) is 0 Å². The van der Waals surface area contributed by atoms with Gasteiger partial charge < -0.3 is 5.32 Å². The van der Waals surface area contributed by atoms with Crippen LogP contribution in [0.1, 0.15) is 83.5 Å². The topological polar surface area (TPSA) is 15.3 Å². The minimum atomic E-state index is 0.852. The molecule has 0 aromatic heterocycles. The van der Waals surface area contributed by atoms with E-state index in [0.717, 1.165) is 12.6 Å². The van der Waals surface area contributed by atoms with Crippen molar-refractivity contribution in [2.45, 2.75) is 89.5 Å². The largest absolute Gasteiger partial charge is 0.315 e. The van der Waals surface area contributed by atoms with E-state index in [1.165, 1.54) is 103 Å². The zero-order chi connectivity index (χ0) is 15.3. The summed E-state index contributed by atoms with van der Waals surface area (Å²) in [5.74, 6) is 0. The third kappa shape index (κ3) is 7.78. The maximum atomic E-state index is 3.62. The van der Waals surface area contributed by atoms with Crippen molar-refractivity contribution in [2.75, 3.05) is 26.2 Å². The van der Waals surface area contributed by atoms with Crippen LogP contribution in [0, 0.1) is 0 Å². The molecule has 1 fully saturated rings. The summed E-state index contributed by atoms with van der Waals surface area (Å²) in [6, 6.07) is 0.852. The molecule has 2 heteroatoms. The smallest absolute Gasteiger partial charge is 0.0110 e. The highest BCUT2D eigenvalue weighted by molar-refractivity contribution is 4.84. The van der Waals surface area contributed by atoms with Crippen molar-refractivity contribution in [1.82, 2.24) is 10.2 Å². The van der Waals surface area contributed by atoms with Gasteiger partial charge in [0.25, 0.3) is 0 Å². The van der Waals surface area contributed by atoms with Crippen LogP contribution < -0.4 is 5.32 Å². The summed E-state index contributed by atoms with van der Waals surface area (Å²) < 4.78 is 0. The van der Waals surface area contributed by atoms with E-state index in [2.05, 4.69) is 22.4 Å². The van der Waals surface area contributed by atoms with Gasteiger partial charge >= 0.3 is 0 Å². The van der Waals surface area contributed by atoms with Crippen LogP contribution in [-0.2, 0) is 0 Å². The molecule has 0 amide bonds. The fraction of sp³-hybridized carbons (Fsp3) is 0.900. The van der Waals surface area contributed by atoms with E-state index >= 15 is 0 Å². The molecule has 0 unspecified atom stereocenters. The van der Waals surface area contributed by atoms with E-state index in [1.807, 2.05) is 0 Å². The normalized spacial score (nSPS) is 27.5. The lowest BCUT2D eigenvalue weighted by Gasteiger charge is -2.32. The number of nitrogens with zero attached hydrogens (tertiary/aromatic N) is 1. The van der Waals surface area contributed by atoms with Gasteiger partial charge in [-0.05, 0) is 45.2 Å². The Balaban J connectivity index is 1.85. The predicted molar refractivity (Wildman–Crippen MR) is 97.4 cm³/mol. The highest BCUT2D eigenvalue weighted by Gasteiger charge is 2.17. The minimum Gasteiger partial charge on any atom is -0.315 e. The molecule has 0 aromatic carbocycles. The van der Waals surface area contributed by atoms with Crippen molar-refractivity contribution in [3.8, 4) is 0 Å². The van der Waals surface area contributed by atoms with Crippen LogP contribution in [0.3, 0.4) is 0 Å². The van der Waals surface area contributed by atoms with Crippen LogP contribution in [0.25, 0.3) is 0 Å². The van der Waals surface area contributed by atoms with Crippen molar-refractivity contribution in [1.29, 1.82) is 0 Å². The first-order valence-electron chi connectivity index (χ1n) is 10.1. The van der Waals surface area contributed by atoms with Crippen LogP contribution in [0.2, 0.25) is 0 Å². The fourth-order valence-electron chi connectivity index (χ4n) is 3.99. The SMILES string of the molecule is C1=C\CCNCCN(C2CCCCCCCCCC2)CCC/1. The highest BCUT2D eigenvalue weighted by atomic mass is 15.2. The van der Waals surface area contributed by atoms with Crippen LogP contribution in [-0.4, -0.2) is 37.1 Å². The molecule has 0 aromatic rings. The first-order chi connectivity index (χ1) is 11.0. The molecule has 0 radical (unpaired) electrons. The molecule has 0 atom stereocenters. The van der Waals surface area contributed by atoms with E-state index in [1.54, 1.807) is 0 Å². The van der Waals surface area contributed by atoms with Gasteiger partial charge in [-0.1, -0.05) is 63.5 Å². The number of hydrogen-bond donors (Lipinski definition) is 1. The van der Waals surface area contributed by atoms with Crippen LogP contribution in [0.15, 0.2) is 12.2 Å². The molecule has 0 saturated heterocycles. The van der Waals surface area contributed by atoms with Crippen LogP contribution >= 0.6 is 0 Å². The zero-order valence-electron chi connectivity index (χ0n) is 14.7. The maximum Gasteiger partial charge on any atom is 0.0110 e. The summed E-state index contributed by atoms with van der Waals surface area (Å²) in [5, 5.41) is 3.62. The number of rotatable bonds is 1. The number of nitrogens with one attached hydrogen (secondary N) is 1. The standard InChI is InChI=1S/C20H38N2/c1-2-4-7-11-15-20(14-10-6-3-1)22-18-13-9-5-8-12-16-21-17-19-22/h5,8,20-21H,1-4,6-7,9-19H2/b8-5-. The lowest BCUT2D eigenvalue weighted by molar-refractivity contribution is 0.170. The van der Waals surface area contributed by atoms with Gasteiger partial charge in [-0.25, -0.2) is 0 Å². The molecule has 0 spiro atoms. The van der Waals surface area contributed by atoms with Gasteiger partial charge in [-0.15, -0.1) is 0 Å². The summed E-state index contributed by atoms with van der Waals surface area (Å²) in [6.45, 7) is 4.88. The van der Waals surface area contributed by atoms with Crippen molar-refractivity contribution in [3.05, 3.63) is 12.2 Å². The quantitative estimate of drug-likeness (QED) is 0.693. The Morgan fingerprint density at radius 2 is 1.27 bits per heavy atom. The fourth-order valence-corrected chi connectivity index (χ4v) is 3.99. The first-order valence-corrected chi connectivity index (χ1v) is 10.1. The van der Waals surface area contributed by atoms with E-state index < -0.39 is 0 Å². The zero-order valence-corrected chi connectivity index (χ0v) is 14.7. The summed E-state index contributed by atoms with van der Waals surface area (Å²) in [5.41, 5.74) is 0. The van der Waals surface area contributed by atoms with Crippen molar-refractivity contribution >= 4 is 0 Å². The Morgan fingerprint density at radius 1 is 0.636 bits per heavy atom. The Morgan fingerprint density at radius 3 is 2.00 bits per heavy atom. The molecule has 2 aliphatic rings. The van der Waals surface area contributed by atoms with E-state index in [0.29, 0.717) is 0 Å². The molecule has 1 saturated carbocycles. The maximum absolute atomic E-state index is 3.62. The molecule has 1 heterocycles. The second-order valence-electron chi connectivity index (χ2n) is 7.25. The van der Waals surface area contributed by atoms with Crippen molar-refractivity contribution in [3.63, 3.8) is 0 Å². The average Bonchev–Trinajstić information content (AvgIpc) is 2.64. The minimum absolute atomic E-state index is 0.852. The van der Waals surface area contributed by atoms with Gasteiger partial charge in [0.05, 0.1) is 0 Å². The van der Waals surface area contributed by atoms with Gasteiger partial charge in [0, 0.05) is 19.1 Å². The summed E-state index contributed by atoms with van der Waals surface area (Å²) in [4.78, 5) is 2.82. The summed E-state index contributed by atoms with van der Waals surface area (Å²) in [7, 11) is 0. The van der Waals surface area contributed by atoms with E-state index in [-0.39, 0.29) is 0 Å². The van der Waals surface area contributed by atoms with Gasteiger partial charge in [-0.2, -0.15) is 0 Å². The second-order valence-corrected chi connectivity index (χ2v) is 7.25. The first kappa shape index (κ1) is 18.0. The Hall–Kier alpha value is -0.340. The molecule has 1 aliphatic carbocycles. The van der Waals surface area contributed by atoms with Crippen molar-refractivity contribution in [2.24, 2.45) is 0 Å². The molecule has 1 N–H and O–H groups in total. The molecule has 0 bridgehead atoms. The molecule has 1 aliphatic heterocycles. The molecule has 22 heavy (non-hydrogen) atoms. The average molecular weight is 307 g/mol. The third-order valence-electron chi connectivity index (χ3n) is 5.39. The van der Waals surface area contributed by atoms with Gasteiger partial charge in [0.1, 0.15) is 0 Å². The Labute approximate surface area is 138 Å². The third-order valence-corrected chi connectivity index (χ3v) is 5.39. The number of allylic oxidation sites excluding steroid dienone is 1. The van der Waals surface area contributed by atoms with Crippen LogP contribution in [0.4, 0.5) is 0 Å². The predicted octanol–water partition coefficient (Wildman–Crippen LogP) is 4.90. The summed E-state index contributed by atoms with van der Waals surface area (Å²) >= 11 is 0. The lowest BCUT2D eigenvalue weighted by atomic mass is 10.0. The Kier molecular flexibility index (Phi) is 9.93. The molecular formula is C20H38N2. The van der Waals surface area contributed by atoms with Gasteiger partial charge in [-0.3, -0.25) is 4.90 Å². The number of hydrogen-bond acceptors (Lipinski definition) is 2.